The highest BCUT2D eigenvalue weighted by molar-refractivity contribution is 5.66. The van der Waals surface area contributed by atoms with Crippen LogP contribution in [0.3, 0.4) is 0 Å². The average molecular weight is 336 g/mol. The number of carboxylic acid groups (broad SMARTS) is 1. The van der Waals surface area contributed by atoms with Crippen LogP contribution >= 0.6 is 0 Å². The van der Waals surface area contributed by atoms with E-state index in [4.69, 9.17) is 5.11 Å². The topological polar surface area (TPSA) is 77.8 Å². The molecule has 0 unspecified atom stereocenters. The van der Waals surface area contributed by atoms with Crippen molar-refractivity contribution >= 4 is 5.97 Å². The number of hydrogen-bond acceptors (Lipinski definition) is 3. The minimum absolute atomic E-state index is 0.0778. The quantitative estimate of drug-likeness (QED) is 0.253. The van der Waals surface area contributed by atoms with Crippen LogP contribution in [0.1, 0.15) is 58.3 Å². The van der Waals surface area contributed by atoms with Gasteiger partial charge in [0, 0.05) is 6.42 Å². The second-order valence-corrected chi connectivity index (χ2v) is 5.78. The van der Waals surface area contributed by atoms with Crippen molar-refractivity contribution in [1.82, 2.24) is 0 Å². The molecule has 0 amide bonds. The molecule has 0 aliphatic heterocycles. The summed E-state index contributed by atoms with van der Waals surface area (Å²) >= 11 is 0. The Labute approximate surface area is 145 Å². The van der Waals surface area contributed by atoms with E-state index in [2.05, 4.69) is 13.0 Å². The van der Waals surface area contributed by atoms with Gasteiger partial charge >= 0.3 is 5.97 Å². The van der Waals surface area contributed by atoms with Crippen molar-refractivity contribution in [2.24, 2.45) is 0 Å². The van der Waals surface area contributed by atoms with Crippen LogP contribution in [-0.4, -0.2) is 33.5 Å². The molecule has 3 N–H and O–H groups in total. The minimum Gasteiger partial charge on any atom is -0.481 e. The normalized spacial score (nSPS) is 15.1. The summed E-state index contributed by atoms with van der Waals surface area (Å²) in [7, 11) is 0. The monoisotopic (exact) mass is 336 g/mol. The first kappa shape index (κ1) is 22.4. The molecule has 0 fully saturated rings. The first-order chi connectivity index (χ1) is 11.6. The van der Waals surface area contributed by atoms with Crippen LogP contribution in [0.25, 0.3) is 0 Å². The van der Waals surface area contributed by atoms with Crippen LogP contribution in [0.4, 0.5) is 0 Å². The zero-order chi connectivity index (χ0) is 18.0. The molecule has 0 aliphatic carbocycles. The van der Waals surface area contributed by atoms with Gasteiger partial charge in [-0.1, -0.05) is 68.4 Å². The van der Waals surface area contributed by atoms with Gasteiger partial charge in [0.1, 0.15) is 0 Å². The molecular weight excluding hydrogens is 304 g/mol. The Morgan fingerprint density at radius 2 is 1.58 bits per heavy atom. The standard InChI is InChI=1S/C20H32O4/c1-2-3-4-5-6-9-13-18(21)14-10-7-8-11-15-19(22)16-12-17-20(23)24/h6-11,14-15,18-19,21-22H,2-5,12-13,16-17H2,1H3,(H,23,24)/b8-7+,9-6-,14-10+,15-11-/t18-,19-/m0/s1. The highest BCUT2D eigenvalue weighted by Crippen LogP contribution is 2.03. The maximum Gasteiger partial charge on any atom is 0.303 e. The number of aliphatic carboxylic acids is 1. The molecule has 0 aromatic heterocycles. The molecule has 0 saturated heterocycles. The van der Waals surface area contributed by atoms with E-state index < -0.39 is 18.2 Å². The van der Waals surface area contributed by atoms with Gasteiger partial charge in [0.15, 0.2) is 0 Å². The number of carbonyl (C=O) groups is 1. The molecule has 0 spiro atoms. The fraction of sp³-hybridized carbons (Fsp3) is 0.550. The number of rotatable bonds is 14. The predicted octanol–water partition coefficient (Wildman–Crippen LogP) is 4.16. The molecule has 0 radical (unpaired) electrons. The summed E-state index contributed by atoms with van der Waals surface area (Å²) in [6.45, 7) is 2.18. The van der Waals surface area contributed by atoms with E-state index in [1.807, 2.05) is 6.08 Å². The van der Waals surface area contributed by atoms with Crippen LogP contribution in [0.15, 0.2) is 48.6 Å². The lowest BCUT2D eigenvalue weighted by Gasteiger charge is -2.02. The summed E-state index contributed by atoms with van der Waals surface area (Å²) in [6, 6.07) is 0. The van der Waals surface area contributed by atoms with Gasteiger partial charge in [0.25, 0.3) is 0 Å². The van der Waals surface area contributed by atoms with E-state index in [0.717, 1.165) is 6.42 Å². The summed E-state index contributed by atoms with van der Waals surface area (Å²) in [5, 5.41) is 27.9. The number of carboxylic acids is 1. The molecule has 136 valence electrons. The molecule has 0 heterocycles. The zero-order valence-electron chi connectivity index (χ0n) is 14.7. The smallest absolute Gasteiger partial charge is 0.303 e. The Morgan fingerprint density at radius 3 is 2.21 bits per heavy atom. The van der Waals surface area contributed by atoms with Crippen LogP contribution in [0.5, 0.6) is 0 Å². The third-order valence-corrected chi connectivity index (χ3v) is 3.41. The van der Waals surface area contributed by atoms with Crippen LogP contribution < -0.4 is 0 Å². The molecule has 0 aromatic carbocycles. The summed E-state index contributed by atoms with van der Waals surface area (Å²) in [4.78, 5) is 10.3. The molecule has 0 bridgehead atoms. The predicted molar refractivity (Wildman–Crippen MR) is 98.8 cm³/mol. The largest absolute Gasteiger partial charge is 0.481 e. The van der Waals surface area contributed by atoms with Crippen molar-refractivity contribution in [2.75, 3.05) is 0 Å². The first-order valence-electron chi connectivity index (χ1n) is 8.80. The lowest BCUT2D eigenvalue weighted by Crippen LogP contribution is -2.03. The van der Waals surface area contributed by atoms with Gasteiger partial charge in [0.05, 0.1) is 12.2 Å². The van der Waals surface area contributed by atoms with Gasteiger partial charge in [0.2, 0.25) is 0 Å². The maximum atomic E-state index is 10.3. The maximum absolute atomic E-state index is 10.3. The van der Waals surface area contributed by atoms with Gasteiger partial charge in [-0.15, -0.1) is 0 Å². The molecule has 4 nitrogen and oxygen atoms in total. The van der Waals surface area contributed by atoms with E-state index in [9.17, 15) is 15.0 Å². The summed E-state index contributed by atoms with van der Waals surface area (Å²) in [6.07, 6.45) is 19.8. The molecule has 0 saturated carbocycles. The van der Waals surface area contributed by atoms with E-state index >= 15 is 0 Å². The third kappa shape index (κ3) is 16.7. The van der Waals surface area contributed by atoms with Crippen LogP contribution in [0.2, 0.25) is 0 Å². The van der Waals surface area contributed by atoms with Gasteiger partial charge in [-0.2, -0.15) is 0 Å². The summed E-state index contributed by atoms with van der Waals surface area (Å²) in [5.74, 6) is -0.842. The molecule has 0 rings (SSSR count). The molecule has 4 heteroatoms. The van der Waals surface area contributed by atoms with Gasteiger partial charge < -0.3 is 15.3 Å². The van der Waals surface area contributed by atoms with Crippen LogP contribution in [0, 0.1) is 0 Å². The minimum atomic E-state index is -0.842. The zero-order valence-corrected chi connectivity index (χ0v) is 14.7. The Hall–Kier alpha value is -1.65. The number of allylic oxidation sites excluding steroid dienone is 5. The number of unbranched alkanes of at least 4 members (excludes halogenated alkanes) is 3. The van der Waals surface area contributed by atoms with Crippen LogP contribution in [-0.2, 0) is 4.79 Å². The number of aliphatic hydroxyl groups excluding tert-OH is 2. The van der Waals surface area contributed by atoms with E-state index in [0.29, 0.717) is 19.3 Å². The van der Waals surface area contributed by atoms with E-state index in [-0.39, 0.29) is 6.42 Å². The highest BCUT2D eigenvalue weighted by atomic mass is 16.4. The summed E-state index contributed by atoms with van der Waals surface area (Å²) < 4.78 is 0. The first-order valence-corrected chi connectivity index (χ1v) is 8.80. The number of hydrogen-bond donors (Lipinski definition) is 3. The molecule has 2 atom stereocenters. The van der Waals surface area contributed by atoms with E-state index in [1.165, 1.54) is 19.3 Å². The third-order valence-electron chi connectivity index (χ3n) is 3.41. The molecule has 0 aliphatic rings. The van der Waals surface area contributed by atoms with Crippen molar-refractivity contribution < 1.29 is 20.1 Å². The fourth-order valence-corrected chi connectivity index (χ4v) is 2.02. The van der Waals surface area contributed by atoms with Gasteiger partial charge in [-0.05, 0) is 32.1 Å². The molecule has 0 aromatic rings. The van der Waals surface area contributed by atoms with E-state index in [1.54, 1.807) is 36.5 Å². The average Bonchev–Trinajstić information content (AvgIpc) is 2.53. The Balaban J connectivity index is 3.81. The van der Waals surface area contributed by atoms with Gasteiger partial charge in [-0.25, -0.2) is 0 Å². The lowest BCUT2D eigenvalue weighted by molar-refractivity contribution is -0.137. The van der Waals surface area contributed by atoms with Crippen molar-refractivity contribution in [3.63, 3.8) is 0 Å². The van der Waals surface area contributed by atoms with Gasteiger partial charge in [-0.3, -0.25) is 4.79 Å². The van der Waals surface area contributed by atoms with Crippen molar-refractivity contribution in [3.8, 4) is 0 Å². The Morgan fingerprint density at radius 1 is 0.917 bits per heavy atom. The fourth-order valence-electron chi connectivity index (χ4n) is 2.02. The van der Waals surface area contributed by atoms with Crippen molar-refractivity contribution in [2.45, 2.75) is 70.5 Å². The SMILES string of the molecule is CCCCC/C=C\C[C@H](O)/C=C/C=C/C=C\[C@H](O)CCCC(=O)O. The second-order valence-electron chi connectivity index (χ2n) is 5.78. The lowest BCUT2D eigenvalue weighted by atomic mass is 10.1. The summed E-state index contributed by atoms with van der Waals surface area (Å²) in [5.41, 5.74) is 0. The van der Waals surface area contributed by atoms with Crippen molar-refractivity contribution in [1.29, 1.82) is 0 Å². The molecular formula is C20H32O4. The Kier molecular flexibility index (Phi) is 15.1. The highest BCUT2D eigenvalue weighted by Gasteiger charge is 2.01. The second kappa shape index (κ2) is 16.2. The number of aliphatic hydroxyl groups is 2. The molecule has 24 heavy (non-hydrogen) atoms. The van der Waals surface area contributed by atoms with Crippen molar-refractivity contribution in [3.05, 3.63) is 48.6 Å². The Bertz CT molecular complexity index is 421.